The molecule has 2 aromatic rings. The minimum absolute atomic E-state index is 0.0922. The number of carbonyl (C=O) groups excluding carboxylic acids is 1. The van der Waals surface area contributed by atoms with Gasteiger partial charge in [-0.05, 0) is 74.5 Å². The minimum atomic E-state index is -0.268. The Bertz CT molecular complexity index is 835. The van der Waals surface area contributed by atoms with Gasteiger partial charge in [0.15, 0.2) is 0 Å². The van der Waals surface area contributed by atoms with E-state index in [0.29, 0.717) is 11.8 Å². The van der Waals surface area contributed by atoms with Gasteiger partial charge in [0.2, 0.25) is 0 Å². The van der Waals surface area contributed by atoms with Crippen molar-refractivity contribution in [2.45, 2.75) is 29.1 Å². The smallest absolute Gasteiger partial charge is 0.414 e. The Kier molecular flexibility index (Phi) is 6.69. The van der Waals surface area contributed by atoms with Gasteiger partial charge in [-0.3, -0.25) is 9.80 Å². The average Bonchev–Trinajstić information content (AvgIpc) is 3.15. The molecular formula is C23H28N2O4S. The van der Waals surface area contributed by atoms with Gasteiger partial charge in [-0.25, -0.2) is 4.79 Å². The van der Waals surface area contributed by atoms with Crippen molar-refractivity contribution >= 4 is 23.5 Å². The van der Waals surface area contributed by atoms with E-state index in [1.165, 1.54) is 4.90 Å². The van der Waals surface area contributed by atoms with Crippen LogP contribution >= 0.6 is 11.8 Å². The second-order valence-electron chi connectivity index (χ2n) is 7.61. The Morgan fingerprint density at radius 2 is 1.57 bits per heavy atom. The van der Waals surface area contributed by atoms with Crippen molar-refractivity contribution in [1.82, 2.24) is 4.90 Å². The first-order valence-corrected chi connectivity index (χ1v) is 11.2. The van der Waals surface area contributed by atoms with E-state index in [0.717, 1.165) is 49.7 Å². The van der Waals surface area contributed by atoms with Crippen LogP contribution in [-0.4, -0.2) is 62.7 Å². The molecule has 0 N–H and O–H groups in total. The maximum absolute atomic E-state index is 12.3. The molecule has 4 rings (SSSR count). The second kappa shape index (κ2) is 9.62. The summed E-state index contributed by atoms with van der Waals surface area (Å²) in [5.74, 6) is 1.67. The van der Waals surface area contributed by atoms with Crippen molar-refractivity contribution in [3.8, 4) is 11.5 Å². The topological polar surface area (TPSA) is 51.2 Å². The van der Waals surface area contributed by atoms with Crippen LogP contribution in [0.5, 0.6) is 11.5 Å². The number of anilines is 1. The number of benzene rings is 2. The molecule has 0 aromatic heterocycles. The van der Waals surface area contributed by atoms with Crippen LogP contribution in [0.25, 0.3) is 0 Å². The lowest BCUT2D eigenvalue weighted by atomic mass is 10.1. The number of hydrogen-bond acceptors (Lipinski definition) is 6. The van der Waals surface area contributed by atoms with Gasteiger partial charge in [-0.1, -0.05) is 0 Å². The zero-order chi connectivity index (χ0) is 20.9. The van der Waals surface area contributed by atoms with E-state index in [-0.39, 0.29) is 12.2 Å². The molecule has 2 aliphatic heterocycles. The molecule has 2 aliphatic rings. The maximum Gasteiger partial charge on any atom is 0.414 e. The number of piperidine rings is 1. The molecule has 1 atom stereocenters. The number of ether oxygens (including phenoxy) is 3. The molecule has 160 valence electrons. The van der Waals surface area contributed by atoms with Gasteiger partial charge in [0, 0.05) is 22.4 Å². The summed E-state index contributed by atoms with van der Waals surface area (Å²) in [7, 11) is 3.32. The van der Waals surface area contributed by atoms with Crippen molar-refractivity contribution in [3.63, 3.8) is 0 Å². The van der Waals surface area contributed by atoms with Crippen LogP contribution in [0, 0.1) is 0 Å². The Balaban J connectivity index is 1.24. The lowest BCUT2D eigenvalue weighted by molar-refractivity contribution is 0.101. The van der Waals surface area contributed by atoms with Gasteiger partial charge < -0.3 is 14.2 Å². The monoisotopic (exact) mass is 428 g/mol. The van der Waals surface area contributed by atoms with Gasteiger partial charge in [0.1, 0.15) is 17.6 Å². The van der Waals surface area contributed by atoms with Crippen molar-refractivity contribution in [2.75, 3.05) is 45.3 Å². The molecule has 0 radical (unpaired) electrons. The number of rotatable bonds is 7. The summed E-state index contributed by atoms with van der Waals surface area (Å²) in [5, 5.41) is 0.622. The van der Waals surface area contributed by atoms with Crippen LogP contribution in [0.4, 0.5) is 10.5 Å². The standard InChI is InChI=1S/C23H28N2O4S/c1-27-18-5-3-17(4-6-18)25-16-20(29-23(25)26)15-24-13-11-22(12-14-24)30-21-9-7-19(28-2)8-10-21/h3-10,20,22H,11-16H2,1-2H3/t20-/m0/s1. The lowest BCUT2D eigenvalue weighted by Crippen LogP contribution is -2.40. The Morgan fingerprint density at radius 3 is 2.17 bits per heavy atom. The van der Waals surface area contributed by atoms with E-state index in [2.05, 4.69) is 17.0 Å². The predicted octanol–water partition coefficient (Wildman–Crippen LogP) is 4.29. The normalized spacial score (nSPS) is 20.3. The van der Waals surface area contributed by atoms with Gasteiger partial charge in [-0.2, -0.15) is 0 Å². The summed E-state index contributed by atoms with van der Waals surface area (Å²) < 4.78 is 16.0. The SMILES string of the molecule is COc1ccc(SC2CCN(C[C@H]3CN(c4ccc(OC)cc4)C(=O)O3)CC2)cc1. The number of likely N-dealkylation sites (tertiary alicyclic amines) is 1. The average molecular weight is 429 g/mol. The Morgan fingerprint density at radius 1 is 0.967 bits per heavy atom. The number of carbonyl (C=O) groups is 1. The molecule has 0 bridgehead atoms. The molecule has 2 aromatic carbocycles. The third kappa shape index (κ3) is 5.02. The molecule has 2 fully saturated rings. The van der Waals surface area contributed by atoms with Crippen molar-refractivity contribution < 1.29 is 19.0 Å². The molecule has 0 unspecified atom stereocenters. The number of amides is 1. The third-order valence-corrected chi connectivity index (χ3v) is 6.97. The fourth-order valence-electron chi connectivity index (χ4n) is 3.93. The van der Waals surface area contributed by atoms with Crippen molar-refractivity contribution in [1.29, 1.82) is 0 Å². The highest BCUT2D eigenvalue weighted by Gasteiger charge is 2.34. The van der Waals surface area contributed by atoms with Crippen molar-refractivity contribution in [2.24, 2.45) is 0 Å². The van der Waals surface area contributed by atoms with Crippen LogP contribution in [0.15, 0.2) is 53.4 Å². The van der Waals surface area contributed by atoms with E-state index < -0.39 is 0 Å². The Hall–Kier alpha value is -2.38. The van der Waals surface area contributed by atoms with Crippen LogP contribution in [0.3, 0.4) is 0 Å². The van der Waals surface area contributed by atoms with Gasteiger partial charge >= 0.3 is 6.09 Å². The van der Waals surface area contributed by atoms with Gasteiger partial charge in [0.05, 0.1) is 20.8 Å². The summed E-state index contributed by atoms with van der Waals surface area (Å²) in [6.45, 7) is 3.44. The van der Waals surface area contributed by atoms with E-state index >= 15 is 0 Å². The molecule has 2 heterocycles. The van der Waals surface area contributed by atoms with Crippen LogP contribution in [0.2, 0.25) is 0 Å². The highest BCUT2D eigenvalue weighted by Crippen LogP contribution is 2.32. The number of hydrogen-bond donors (Lipinski definition) is 0. The lowest BCUT2D eigenvalue weighted by Gasteiger charge is -2.32. The quantitative estimate of drug-likeness (QED) is 0.656. The molecule has 1 amide bonds. The highest BCUT2D eigenvalue weighted by molar-refractivity contribution is 8.00. The van der Waals surface area contributed by atoms with Gasteiger partial charge in [-0.15, -0.1) is 11.8 Å². The number of thioether (sulfide) groups is 1. The van der Waals surface area contributed by atoms with Crippen LogP contribution in [0.1, 0.15) is 12.8 Å². The second-order valence-corrected chi connectivity index (χ2v) is 8.98. The molecule has 30 heavy (non-hydrogen) atoms. The fourth-order valence-corrected chi connectivity index (χ4v) is 5.06. The van der Waals surface area contributed by atoms with E-state index in [1.807, 2.05) is 48.2 Å². The number of methoxy groups -OCH3 is 2. The molecule has 6 nitrogen and oxygen atoms in total. The van der Waals surface area contributed by atoms with Crippen LogP contribution < -0.4 is 14.4 Å². The summed E-state index contributed by atoms with van der Waals surface area (Å²) in [6.07, 6.45) is 1.92. The zero-order valence-electron chi connectivity index (χ0n) is 17.5. The molecule has 2 saturated heterocycles. The summed E-state index contributed by atoms with van der Waals surface area (Å²) >= 11 is 1.94. The first kappa shape index (κ1) is 20.9. The van der Waals surface area contributed by atoms with E-state index in [4.69, 9.17) is 14.2 Å². The van der Waals surface area contributed by atoms with E-state index in [9.17, 15) is 4.79 Å². The summed E-state index contributed by atoms with van der Waals surface area (Å²) in [5.41, 5.74) is 0.845. The Labute approximate surface area is 182 Å². The molecular weight excluding hydrogens is 400 g/mol. The van der Waals surface area contributed by atoms with E-state index in [1.54, 1.807) is 19.1 Å². The minimum Gasteiger partial charge on any atom is -0.497 e. The molecule has 7 heteroatoms. The fraction of sp³-hybridized carbons (Fsp3) is 0.435. The maximum atomic E-state index is 12.3. The first-order valence-electron chi connectivity index (χ1n) is 10.3. The molecule has 0 spiro atoms. The number of nitrogens with zero attached hydrogens (tertiary/aromatic N) is 2. The predicted molar refractivity (Wildman–Crippen MR) is 119 cm³/mol. The number of cyclic esters (lactones) is 1. The highest BCUT2D eigenvalue weighted by atomic mass is 32.2. The molecule has 0 saturated carbocycles. The molecule has 0 aliphatic carbocycles. The van der Waals surface area contributed by atoms with Gasteiger partial charge in [0.25, 0.3) is 0 Å². The largest absolute Gasteiger partial charge is 0.497 e. The van der Waals surface area contributed by atoms with Crippen LogP contribution in [-0.2, 0) is 4.74 Å². The van der Waals surface area contributed by atoms with Crippen molar-refractivity contribution in [3.05, 3.63) is 48.5 Å². The summed E-state index contributed by atoms with van der Waals surface area (Å²) in [6, 6.07) is 15.8. The first-order chi connectivity index (χ1) is 14.6. The summed E-state index contributed by atoms with van der Waals surface area (Å²) in [4.78, 5) is 17.7. The third-order valence-electron chi connectivity index (χ3n) is 5.62. The zero-order valence-corrected chi connectivity index (χ0v) is 18.3.